The zero-order valence-electron chi connectivity index (χ0n) is 78.5. The van der Waals surface area contributed by atoms with Gasteiger partial charge in [-0.25, -0.2) is 19.4 Å². The fraction of sp³-hybridized carbons (Fsp3) is 0.570. The second-order valence-electron chi connectivity index (χ2n) is 33.3. The molecule has 43 heteroatoms. The minimum absolute atomic E-state index is 0.00758. The van der Waals surface area contributed by atoms with Crippen LogP contribution >= 0.6 is 32.9 Å². The molecular formula is C93H132N12O28S3. The molecule has 15 N–H and O–H groups in total. The van der Waals surface area contributed by atoms with Gasteiger partial charge in [-0.05, 0) is 118 Å². The van der Waals surface area contributed by atoms with Crippen LogP contribution < -0.4 is 48.3 Å². The normalized spacial score (nSPS) is 14.8. The van der Waals surface area contributed by atoms with Crippen molar-refractivity contribution in [2.45, 2.75) is 239 Å². The number of likely N-dealkylation sites (tertiary alicyclic amines) is 1. The molecule has 5 rings (SSSR count). The number of esters is 2. The van der Waals surface area contributed by atoms with E-state index in [-0.39, 0.29) is 156 Å². The van der Waals surface area contributed by atoms with Gasteiger partial charge >= 0.3 is 54.1 Å². The minimum atomic E-state index is -1.61. The van der Waals surface area contributed by atoms with Crippen molar-refractivity contribution in [1.29, 1.82) is 0 Å². The number of ketones is 4. The van der Waals surface area contributed by atoms with Crippen LogP contribution in [0.5, 0.6) is 5.75 Å². The van der Waals surface area contributed by atoms with Gasteiger partial charge in [0.2, 0.25) is 29.5 Å². The van der Waals surface area contributed by atoms with Crippen LogP contribution in [-0.2, 0) is 115 Å². The van der Waals surface area contributed by atoms with Crippen molar-refractivity contribution in [3.05, 3.63) is 118 Å². The number of aliphatic carboxylic acids is 4. The third-order valence-electron chi connectivity index (χ3n) is 22.1. The number of alkyl carbamates (subject to hydrolysis) is 1. The van der Waals surface area contributed by atoms with E-state index < -0.39 is 181 Å². The highest BCUT2D eigenvalue weighted by atomic mass is 33.1. The van der Waals surface area contributed by atoms with Gasteiger partial charge in [-0.1, -0.05) is 156 Å². The number of methoxy groups -OCH3 is 1. The lowest BCUT2D eigenvalue weighted by molar-refractivity contribution is -0.192. The van der Waals surface area contributed by atoms with Gasteiger partial charge in [0.25, 0.3) is 5.91 Å². The number of amides is 9. The number of ether oxygens (including phenoxy) is 3. The number of nitrogens with one attached hydrogen (secondary N) is 8. The molecule has 4 aromatic rings. The lowest BCUT2D eigenvalue weighted by atomic mass is 9.82. The number of nitrogens with two attached hydrogens (primary N) is 1. The molecule has 1 saturated heterocycles. The molecule has 2 heterocycles. The maximum absolute atomic E-state index is 14.9. The van der Waals surface area contributed by atoms with Crippen LogP contribution in [0.1, 0.15) is 209 Å². The van der Waals surface area contributed by atoms with Crippen molar-refractivity contribution >= 4 is 146 Å². The van der Waals surface area contributed by atoms with Crippen LogP contribution in [-0.4, -0.2) is 260 Å². The molecule has 0 aliphatic carbocycles. The zero-order chi connectivity index (χ0) is 102. The van der Waals surface area contributed by atoms with Crippen molar-refractivity contribution in [3.63, 3.8) is 0 Å². The number of rotatable bonds is 61. The van der Waals surface area contributed by atoms with Crippen molar-refractivity contribution in [3.8, 4) is 5.75 Å². The van der Waals surface area contributed by atoms with E-state index in [1.807, 2.05) is 48.6 Å². The Morgan fingerprint density at radius 2 is 1.27 bits per heavy atom. The first-order valence-corrected chi connectivity index (χ1v) is 48.4. The van der Waals surface area contributed by atoms with E-state index in [1.165, 1.54) is 52.7 Å². The summed E-state index contributed by atoms with van der Waals surface area (Å²) in [6, 6.07) is 15.8. The molecule has 750 valence electrons. The van der Waals surface area contributed by atoms with Crippen molar-refractivity contribution in [1.82, 2.24) is 57.3 Å². The number of carboxylic acid groups (broad SMARTS) is 4. The summed E-state index contributed by atoms with van der Waals surface area (Å²) in [7, 11) is 5.84. The SMILES string of the molecule is CCCC(=O)OCN(C(=O)[C@@H](CC(=O)[C@H]1CCCCN1C)C(C)CC)[C@H](C[C@@H](OC(C)=O)c1nc(C(=O)N[C@@H](Cc2ccc(O)cc2)C[C@H](C)C(=O)CNC(=O)OC)cs1)C(C)C.CCCSSC[C@@H](CC(=O)[C@H](CC(=O)O)NC(=O)[C@@H](N)CNC(=O)[C@@H](CC(=O)[C@H](Cc1ccccc1)NC(=O)CCNC(=O)CC[C@H](NC(=O)NCCCC(=O)O)C(=O)O)Cc1ccccc1)C(=O)O.O=C=O. The Morgan fingerprint density at radius 1 is 0.640 bits per heavy atom. The first-order valence-electron chi connectivity index (χ1n) is 45.0. The Hall–Kier alpha value is -12.1. The molecule has 0 saturated carbocycles. The number of thiazole rings is 1. The number of hydrogen-bond donors (Lipinski definition) is 14. The van der Waals surface area contributed by atoms with Crippen molar-refractivity contribution < 1.29 is 136 Å². The minimum Gasteiger partial charge on any atom is -0.508 e. The summed E-state index contributed by atoms with van der Waals surface area (Å²) in [5.41, 5.74) is 8.28. The molecular weight excluding hydrogens is 1830 g/mol. The molecule has 3 aromatic carbocycles. The number of urea groups is 1. The second kappa shape index (κ2) is 64.8. The third kappa shape index (κ3) is 46.5. The highest BCUT2D eigenvalue weighted by Gasteiger charge is 2.41. The van der Waals surface area contributed by atoms with Gasteiger partial charge in [-0.3, -0.25) is 76.8 Å². The van der Waals surface area contributed by atoms with Crippen LogP contribution in [0, 0.1) is 35.5 Å². The monoisotopic (exact) mass is 1960 g/mol. The summed E-state index contributed by atoms with van der Waals surface area (Å²) in [6.45, 7) is 14.0. The predicted octanol–water partition coefficient (Wildman–Crippen LogP) is 7.10. The maximum Gasteiger partial charge on any atom is 0.407 e. The number of Topliss-reactive ketones (excluding diaryl/α,β-unsaturated/α-hetero) is 4. The Balaban J connectivity index is 0.000000684. The predicted molar refractivity (Wildman–Crippen MR) is 501 cm³/mol. The standard InChI is InChI=1S/C46H63N7O15S2.C46H69N5O11S.CO2/c1-2-20-69-70-27-31(44(64)65)24-37(55)35(25-41(60)61)52-43(63)32(47)26-50-42(62)30(21-28-10-5-3-6-11-28)23-36(54)34(22-29-12-7-4-8-13-29)51-39(57)17-19-48-38(56)16-15-33(45(66)67)53-46(68)49-18-9-14-40(58)59;1-10-14-42(56)61-27-51(45(58)35(29(5)11-2)23-39(54)37-15-12-13-20-50(37)8)38(28(3)4)24-41(62-31(7)52)44-49-36(26-63-44)43(57)48-33(22-32-16-18-34(53)19-17-32)21-30(6)40(55)25-47-46(59)60-9;2-1-3/h3-8,10-13,30-35H,2,9,14-27,47H2,1H3,(H,48,56)(H,50,62)(H,51,57)(H,52,63)(H,58,59)(H,60,61)(H,64,65)(H,66,67)(H2,49,53,68);16-19,26,28-30,33,35,37-38,41,53H,10-15,20-25,27H2,1-9H3,(H,47,59)(H,48,57);/t30-,31-,32+,33+,34+,35+;29?,30-,33+,35-,37+,38+,41+;/m10./s1. The molecule has 0 radical (unpaired) electrons. The number of phenolic OH excluding ortho intramolecular Hbond substituents is 1. The molecule has 1 aliphatic rings. The second-order valence-corrected chi connectivity index (χ2v) is 36.8. The molecule has 0 bridgehead atoms. The number of piperidine rings is 1. The lowest BCUT2D eigenvalue weighted by Gasteiger charge is -2.39. The van der Waals surface area contributed by atoms with Gasteiger partial charge in [0.05, 0.1) is 44.1 Å². The van der Waals surface area contributed by atoms with Gasteiger partial charge < -0.3 is 92.9 Å². The van der Waals surface area contributed by atoms with Crippen molar-refractivity contribution in [2.75, 3.05) is 65.1 Å². The molecule has 13 atom stereocenters. The van der Waals surface area contributed by atoms with E-state index in [0.717, 1.165) is 54.9 Å². The van der Waals surface area contributed by atoms with Crippen LogP contribution in [0.2, 0.25) is 0 Å². The molecule has 1 fully saturated rings. The highest BCUT2D eigenvalue weighted by Crippen LogP contribution is 2.35. The molecule has 136 heavy (non-hydrogen) atoms. The van der Waals surface area contributed by atoms with Gasteiger partial charge in [-0.2, -0.15) is 9.59 Å². The molecule has 1 aliphatic heterocycles. The first-order chi connectivity index (χ1) is 64.6. The fourth-order valence-corrected chi connectivity index (χ4v) is 17.6. The van der Waals surface area contributed by atoms with E-state index in [1.54, 1.807) is 85.1 Å². The smallest absolute Gasteiger partial charge is 0.407 e. The van der Waals surface area contributed by atoms with Gasteiger partial charge in [-0.15, -0.1) is 11.3 Å². The van der Waals surface area contributed by atoms with E-state index in [2.05, 4.69) is 57.2 Å². The molecule has 1 aromatic heterocycles. The highest BCUT2D eigenvalue weighted by molar-refractivity contribution is 8.76. The average Bonchev–Trinajstić information content (AvgIpc) is 1.20. The number of aromatic hydroxyl groups is 1. The summed E-state index contributed by atoms with van der Waals surface area (Å²) < 4.78 is 16.1. The number of likely N-dealkylation sites (N-methyl/N-ethyl adjacent to an activating group) is 1. The number of benzene rings is 3. The van der Waals surface area contributed by atoms with Gasteiger partial charge in [0.1, 0.15) is 28.5 Å². The van der Waals surface area contributed by atoms with E-state index in [4.69, 9.17) is 29.9 Å². The summed E-state index contributed by atoms with van der Waals surface area (Å²) in [4.78, 5) is 255. The Labute approximate surface area is 802 Å². The topological polar surface area (TPSA) is 612 Å². The first kappa shape index (κ1) is 118. The average molecular weight is 1960 g/mol. The number of hydrogen-bond acceptors (Lipinski definition) is 30. The van der Waals surface area contributed by atoms with E-state index >= 15 is 0 Å². The van der Waals surface area contributed by atoms with Gasteiger partial charge in [0, 0.05) is 125 Å². The molecule has 40 nitrogen and oxygen atoms in total. The molecule has 9 amide bonds. The van der Waals surface area contributed by atoms with Crippen molar-refractivity contribution in [2.24, 2.45) is 41.2 Å². The molecule has 1 unspecified atom stereocenters. The number of nitrogens with zero attached hydrogens (tertiary/aromatic N) is 3. The summed E-state index contributed by atoms with van der Waals surface area (Å²) in [6.07, 6.45) is 1.27. The summed E-state index contributed by atoms with van der Waals surface area (Å²) >= 11 is 1.11. The van der Waals surface area contributed by atoms with Crippen LogP contribution in [0.3, 0.4) is 0 Å². The van der Waals surface area contributed by atoms with Crippen LogP contribution in [0.15, 0.2) is 90.3 Å². The number of aromatic nitrogens is 1. The quantitative estimate of drug-likeness (QED) is 0.00688. The number of phenols is 1. The van der Waals surface area contributed by atoms with E-state index in [9.17, 15) is 107 Å². The number of carbonyl (C=O) groups is 18. The van der Waals surface area contributed by atoms with Crippen LogP contribution in [0.25, 0.3) is 0 Å². The summed E-state index contributed by atoms with van der Waals surface area (Å²) in [5.74, 6) is -14.6. The largest absolute Gasteiger partial charge is 0.508 e. The number of carbonyl (C=O) groups excluding carboxylic acids is 16. The maximum atomic E-state index is 14.9. The Morgan fingerprint density at radius 3 is 1.85 bits per heavy atom. The third-order valence-corrected chi connectivity index (χ3v) is 25.7. The van der Waals surface area contributed by atoms with Gasteiger partial charge in [0.15, 0.2) is 36.0 Å². The number of carboxylic acids is 4. The Kier molecular flexibility index (Phi) is 56.3. The lowest BCUT2D eigenvalue weighted by Crippen LogP contribution is -2.53. The fourth-order valence-electron chi connectivity index (χ4n) is 14.4. The Bertz CT molecular complexity index is 4580. The van der Waals surface area contributed by atoms with E-state index in [0.29, 0.717) is 35.4 Å². The summed E-state index contributed by atoms with van der Waals surface area (Å²) in [5, 5.41) is 69.0. The van der Waals surface area contributed by atoms with Crippen LogP contribution in [0.4, 0.5) is 9.59 Å². The molecule has 0 spiro atoms. The zero-order valence-corrected chi connectivity index (χ0v) is 81.0.